The molecule has 0 saturated heterocycles. The molecule has 0 bridgehead atoms. The first-order valence-corrected chi connectivity index (χ1v) is 8.31. The van der Waals surface area contributed by atoms with Crippen LogP contribution < -0.4 is 5.32 Å². The van der Waals surface area contributed by atoms with Crippen LogP contribution in [-0.2, 0) is 6.54 Å². The average Bonchev–Trinajstić information content (AvgIpc) is 2.60. The highest BCUT2D eigenvalue weighted by Crippen LogP contribution is 2.13. The topological polar surface area (TPSA) is 32.3 Å². The molecule has 1 amide bonds. The molecule has 2 rings (SSSR count). The monoisotopic (exact) mass is 310 g/mol. The molecule has 23 heavy (non-hydrogen) atoms. The van der Waals surface area contributed by atoms with E-state index in [2.05, 4.69) is 24.1 Å². The highest BCUT2D eigenvalue weighted by atomic mass is 16.1. The van der Waals surface area contributed by atoms with Crippen molar-refractivity contribution < 1.29 is 4.79 Å². The Hall–Kier alpha value is -2.13. The van der Waals surface area contributed by atoms with E-state index >= 15 is 0 Å². The number of nitrogens with one attached hydrogen (secondary N) is 1. The lowest BCUT2D eigenvalue weighted by Gasteiger charge is -2.18. The van der Waals surface area contributed by atoms with Gasteiger partial charge in [-0.25, -0.2) is 0 Å². The highest BCUT2D eigenvalue weighted by Gasteiger charge is 2.11. The second kappa shape index (κ2) is 8.49. The summed E-state index contributed by atoms with van der Waals surface area (Å²) in [6.45, 7) is 9.32. The van der Waals surface area contributed by atoms with Crippen LogP contribution in [0.3, 0.4) is 0 Å². The van der Waals surface area contributed by atoms with Crippen molar-refractivity contribution in [2.75, 3.05) is 13.1 Å². The van der Waals surface area contributed by atoms with Crippen LogP contribution in [0.2, 0.25) is 0 Å². The molecule has 1 atom stereocenters. The number of benzene rings is 2. The third-order valence-electron chi connectivity index (χ3n) is 4.16. The summed E-state index contributed by atoms with van der Waals surface area (Å²) in [7, 11) is 0. The van der Waals surface area contributed by atoms with Crippen LogP contribution in [0.15, 0.2) is 54.6 Å². The minimum Gasteiger partial charge on any atom is -0.346 e. The second-order valence-electron chi connectivity index (χ2n) is 5.76. The number of hydrogen-bond donors (Lipinski definition) is 1. The maximum absolute atomic E-state index is 12.4. The number of hydrogen-bond acceptors (Lipinski definition) is 2. The Morgan fingerprint density at radius 3 is 2.17 bits per heavy atom. The number of rotatable bonds is 7. The van der Waals surface area contributed by atoms with Gasteiger partial charge in [-0.05, 0) is 43.3 Å². The van der Waals surface area contributed by atoms with Gasteiger partial charge in [-0.2, -0.15) is 0 Å². The first-order chi connectivity index (χ1) is 11.1. The zero-order valence-electron chi connectivity index (χ0n) is 14.3. The lowest BCUT2D eigenvalue weighted by atomic mass is 10.1. The van der Waals surface area contributed by atoms with Gasteiger partial charge in [-0.3, -0.25) is 9.69 Å². The molecule has 1 unspecified atom stereocenters. The van der Waals surface area contributed by atoms with Gasteiger partial charge in [-0.15, -0.1) is 0 Å². The van der Waals surface area contributed by atoms with E-state index in [0.29, 0.717) is 5.56 Å². The van der Waals surface area contributed by atoms with Crippen molar-refractivity contribution in [2.45, 2.75) is 33.4 Å². The van der Waals surface area contributed by atoms with E-state index in [-0.39, 0.29) is 11.9 Å². The third-order valence-corrected chi connectivity index (χ3v) is 4.16. The van der Waals surface area contributed by atoms with E-state index in [4.69, 9.17) is 0 Å². The van der Waals surface area contributed by atoms with Gasteiger partial charge >= 0.3 is 0 Å². The lowest BCUT2D eigenvalue weighted by Crippen LogP contribution is -2.26. The van der Waals surface area contributed by atoms with E-state index in [1.165, 1.54) is 5.56 Å². The Morgan fingerprint density at radius 2 is 1.61 bits per heavy atom. The fourth-order valence-electron chi connectivity index (χ4n) is 2.57. The molecule has 2 aromatic rings. The molecule has 2 aromatic carbocycles. The number of nitrogens with zero attached hydrogens (tertiary/aromatic N) is 1. The summed E-state index contributed by atoms with van der Waals surface area (Å²) >= 11 is 0. The summed E-state index contributed by atoms with van der Waals surface area (Å²) in [6, 6.07) is 17.9. The van der Waals surface area contributed by atoms with Gasteiger partial charge in [0.1, 0.15) is 0 Å². The van der Waals surface area contributed by atoms with Crippen molar-refractivity contribution in [1.82, 2.24) is 10.2 Å². The van der Waals surface area contributed by atoms with Crippen molar-refractivity contribution in [3.8, 4) is 0 Å². The molecule has 3 heteroatoms. The molecule has 0 aromatic heterocycles. The molecule has 0 aliphatic carbocycles. The van der Waals surface area contributed by atoms with Gasteiger partial charge in [0.2, 0.25) is 0 Å². The first kappa shape index (κ1) is 17.2. The Kier molecular flexibility index (Phi) is 6.36. The normalized spacial score (nSPS) is 12.2. The van der Waals surface area contributed by atoms with Crippen LogP contribution in [0.4, 0.5) is 0 Å². The summed E-state index contributed by atoms with van der Waals surface area (Å²) in [6.07, 6.45) is 0. The molecule has 0 fully saturated rings. The van der Waals surface area contributed by atoms with E-state index < -0.39 is 0 Å². The summed E-state index contributed by atoms with van der Waals surface area (Å²) in [4.78, 5) is 14.7. The lowest BCUT2D eigenvalue weighted by molar-refractivity contribution is 0.0940. The van der Waals surface area contributed by atoms with Gasteiger partial charge < -0.3 is 5.32 Å². The van der Waals surface area contributed by atoms with Crippen molar-refractivity contribution in [2.24, 2.45) is 0 Å². The van der Waals surface area contributed by atoms with Crippen molar-refractivity contribution in [3.63, 3.8) is 0 Å². The van der Waals surface area contributed by atoms with Crippen LogP contribution in [0.1, 0.15) is 48.3 Å². The fraction of sp³-hybridized carbons (Fsp3) is 0.350. The Labute approximate surface area is 139 Å². The van der Waals surface area contributed by atoms with Gasteiger partial charge in [0.05, 0.1) is 6.04 Å². The molecule has 3 nitrogen and oxygen atoms in total. The van der Waals surface area contributed by atoms with E-state index in [1.807, 2.05) is 61.5 Å². The van der Waals surface area contributed by atoms with Crippen LogP contribution >= 0.6 is 0 Å². The fourth-order valence-corrected chi connectivity index (χ4v) is 2.57. The summed E-state index contributed by atoms with van der Waals surface area (Å²) in [5.41, 5.74) is 3.05. The predicted octanol–water partition coefficient (Wildman–Crippen LogP) is 4.02. The van der Waals surface area contributed by atoms with Crippen molar-refractivity contribution in [1.29, 1.82) is 0 Å². The van der Waals surface area contributed by atoms with E-state index in [9.17, 15) is 4.79 Å². The number of carbonyl (C=O) groups is 1. The largest absolute Gasteiger partial charge is 0.346 e. The van der Waals surface area contributed by atoms with Crippen molar-refractivity contribution >= 4 is 5.91 Å². The maximum Gasteiger partial charge on any atom is 0.251 e. The molecule has 0 aliphatic heterocycles. The summed E-state index contributed by atoms with van der Waals surface area (Å²) in [5.74, 6) is -0.0317. The number of amides is 1. The maximum atomic E-state index is 12.4. The second-order valence-corrected chi connectivity index (χ2v) is 5.76. The highest BCUT2D eigenvalue weighted by molar-refractivity contribution is 5.94. The molecule has 0 spiro atoms. The Bertz CT molecular complexity index is 603. The SMILES string of the molecule is CCN(CC)Cc1ccc(C(=O)NC(C)c2ccccc2)cc1. The Morgan fingerprint density at radius 1 is 1.00 bits per heavy atom. The third kappa shape index (κ3) is 4.93. The van der Waals surface area contributed by atoms with E-state index in [0.717, 1.165) is 25.2 Å². The smallest absolute Gasteiger partial charge is 0.251 e. The molecular weight excluding hydrogens is 284 g/mol. The van der Waals surface area contributed by atoms with Crippen LogP contribution in [0.25, 0.3) is 0 Å². The quantitative estimate of drug-likeness (QED) is 0.837. The molecule has 0 radical (unpaired) electrons. The molecule has 0 aliphatic rings. The molecule has 0 saturated carbocycles. The molecule has 0 heterocycles. The minimum absolute atomic E-state index is 0.000879. The minimum atomic E-state index is -0.0317. The van der Waals surface area contributed by atoms with Crippen LogP contribution in [0.5, 0.6) is 0 Å². The average molecular weight is 310 g/mol. The van der Waals surface area contributed by atoms with Gasteiger partial charge in [0.15, 0.2) is 0 Å². The number of carbonyl (C=O) groups excluding carboxylic acids is 1. The molecule has 1 N–H and O–H groups in total. The predicted molar refractivity (Wildman–Crippen MR) is 95.4 cm³/mol. The summed E-state index contributed by atoms with van der Waals surface area (Å²) in [5, 5.41) is 3.05. The zero-order valence-corrected chi connectivity index (χ0v) is 14.3. The van der Waals surface area contributed by atoms with Gasteiger partial charge in [0.25, 0.3) is 5.91 Å². The molecular formula is C20H26N2O. The van der Waals surface area contributed by atoms with Gasteiger partial charge in [0, 0.05) is 12.1 Å². The van der Waals surface area contributed by atoms with Crippen LogP contribution in [0, 0.1) is 0 Å². The standard InChI is InChI=1S/C20H26N2O/c1-4-22(5-2)15-17-11-13-19(14-12-17)20(23)21-16(3)18-9-7-6-8-10-18/h6-14,16H,4-5,15H2,1-3H3,(H,21,23). The van der Waals surface area contributed by atoms with Gasteiger partial charge in [-0.1, -0.05) is 56.3 Å². The first-order valence-electron chi connectivity index (χ1n) is 8.31. The van der Waals surface area contributed by atoms with Crippen LogP contribution in [-0.4, -0.2) is 23.9 Å². The molecule has 122 valence electrons. The summed E-state index contributed by atoms with van der Waals surface area (Å²) < 4.78 is 0. The van der Waals surface area contributed by atoms with E-state index in [1.54, 1.807) is 0 Å². The zero-order chi connectivity index (χ0) is 16.7. The Balaban J connectivity index is 1.97. The van der Waals surface area contributed by atoms with Crippen molar-refractivity contribution in [3.05, 3.63) is 71.3 Å².